The number of piperidine rings is 1. The molecule has 1 amide bonds. The van der Waals surface area contributed by atoms with Crippen molar-refractivity contribution in [2.24, 2.45) is 0 Å². The second kappa shape index (κ2) is 20.2. The zero-order chi connectivity index (χ0) is 42.1. The number of hydrogen-bond acceptors (Lipinski definition) is 11. The van der Waals surface area contributed by atoms with E-state index in [9.17, 15) is 53.3 Å². The summed E-state index contributed by atoms with van der Waals surface area (Å²) in [6.45, 7) is 1.85. The minimum absolute atomic E-state index is 0.0340. The third-order valence-electron chi connectivity index (χ3n) is 10.0. The molecule has 22 heteroatoms. The third-order valence-corrected chi connectivity index (χ3v) is 13.7. The van der Waals surface area contributed by atoms with E-state index in [0.717, 1.165) is 49.8 Å². The molecule has 58 heavy (non-hydrogen) atoms. The van der Waals surface area contributed by atoms with Crippen molar-refractivity contribution in [1.29, 1.82) is 0 Å². The number of aromatic nitrogens is 3. The van der Waals surface area contributed by atoms with E-state index in [-0.39, 0.29) is 94.8 Å². The number of rotatable bonds is 24. The molecule has 1 saturated carbocycles. The second-order valence-corrected chi connectivity index (χ2v) is 18.6. The molecule has 0 spiro atoms. The fourth-order valence-corrected chi connectivity index (χ4v) is 8.69. The number of aliphatic hydroxyl groups is 2. The van der Waals surface area contributed by atoms with Crippen LogP contribution >= 0.6 is 15.2 Å². The summed E-state index contributed by atoms with van der Waals surface area (Å²) in [5, 5.41) is 19.7. The molecular formula is C36H53FN5O14P2+. The molecule has 5 rings (SSSR count). The van der Waals surface area contributed by atoms with Crippen molar-refractivity contribution in [3.63, 3.8) is 0 Å². The molecule has 1 aliphatic heterocycles. The van der Waals surface area contributed by atoms with E-state index in [2.05, 4.69) is 5.32 Å². The lowest BCUT2D eigenvalue weighted by molar-refractivity contribution is -0.703. The molecule has 0 radical (unpaired) electrons. The van der Waals surface area contributed by atoms with Gasteiger partial charge in [0.2, 0.25) is 11.8 Å². The number of halogens is 1. The highest BCUT2D eigenvalue weighted by molar-refractivity contribution is 7.72. The average Bonchev–Trinajstić information content (AvgIpc) is 3.92. The molecule has 1 aromatic carbocycles. The largest absolute Gasteiger partial charge is 0.389 e. The third kappa shape index (κ3) is 12.1. The first-order chi connectivity index (χ1) is 27.5. The second-order valence-electron chi connectivity index (χ2n) is 14.6. The minimum Gasteiger partial charge on any atom is -0.389 e. The van der Waals surface area contributed by atoms with Crippen LogP contribution in [0.1, 0.15) is 67.8 Å². The molecule has 3 heterocycles. The number of aliphatic hydroxyl groups excluding tert-OH is 1. The number of carbonyl (C=O) groups excluding carboxylic acids is 2. The van der Waals surface area contributed by atoms with Gasteiger partial charge in [-0.15, -0.1) is 0 Å². The Morgan fingerprint density at radius 1 is 0.948 bits per heavy atom. The lowest BCUT2D eigenvalue weighted by Gasteiger charge is -2.29. The van der Waals surface area contributed by atoms with Crippen LogP contribution in [0.15, 0.2) is 41.8 Å². The molecule has 1 aliphatic carbocycles. The summed E-state index contributed by atoms with van der Waals surface area (Å²) in [5.74, 6) is -1.17. The van der Waals surface area contributed by atoms with Gasteiger partial charge in [0.25, 0.3) is 5.91 Å². The molecule has 1 saturated heterocycles. The molecular weight excluding hydrogens is 807 g/mol. The zero-order valence-corrected chi connectivity index (χ0v) is 33.9. The number of imidazole rings is 1. The summed E-state index contributed by atoms with van der Waals surface area (Å²) in [6.07, 6.45) is 9.58. The van der Waals surface area contributed by atoms with Crippen molar-refractivity contribution in [3.05, 3.63) is 58.7 Å². The highest BCUT2D eigenvalue weighted by Gasteiger charge is 2.61. The van der Waals surface area contributed by atoms with Crippen molar-refractivity contribution in [2.45, 2.75) is 81.7 Å². The van der Waals surface area contributed by atoms with Gasteiger partial charge >= 0.3 is 20.3 Å². The maximum Gasteiger partial charge on any atom is 0.373 e. The SMILES string of the molecule is O=C(CCOCCOCCOCCNC(=O)c1cn(C2CC2)c2cc(N3CCCCC3)c(F)cc2c1=O)CCC(O)Cn1cc[n+](CC(O)(P(=O)(O)O)P(=O)(O)O)c1. The Bertz CT molecular complexity index is 2020. The van der Waals surface area contributed by atoms with E-state index in [1.54, 1.807) is 12.3 Å². The molecule has 2 fully saturated rings. The van der Waals surface area contributed by atoms with Gasteiger partial charge in [-0.05, 0) is 50.7 Å². The lowest BCUT2D eigenvalue weighted by Crippen LogP contribution is -2.46. The number of ketones is 1. The molecule has 1 atom stereocenters. The number of nitrogens with zero attached hydrogens (tertiary/aromatic N) is 4. The molecule has 0 bridgehead atoms. The van der Waals surface area contributed by atoms with E-state index < -0.39 is 50.1 Å². The number of amides is 1. The van der Waals surface area contributed by atoms with Crippen LogP contribution < -0.4 is 20.2 Å². The monoisotopic (exact) mass is 860 g/mol. The van der Waals surface area contributed by atoms with E-state index in [1.165, 1.54) is 29.4 Å². The first-order valence-corrected chi connectivity index (χ1v) is 22.4. The molecule has 322 valence electrons. The van der Waals surface area contributed by atoms with Crippen LogP contribution in [0.25, 0.3) is 10.9 Å². The van der Waals surface area contributed by atoms with Crippen LogP contribution in [-0.4, -0.2) is 121 Å². The van der Waals surface area contributed by atoms with Gasteiger partial charge < -0.3 is 58.8 Å². The van der Waals surface area contributed by atoms with E-state index in [1.807, 2.05) is 9.47 Å². The van der Waals surface area contributed by atoms with Crippen LogP contribution in [0.2, 0.25) is 0 Å². The Balaban J connectivity index is 0.914. The van der Waals surface area contributed by atoms with Gasteiger partial charge in [0, 0.05) is 50.1 Å². The lowest BCUT2D eigenvalue weighted by atomic mass is 10.1. The number of Topliss-reactive ketones (excluding diaryl/α,β-unsaturated/α-hetero) is 1. The van der Waals surface area contributed by atoms with Crippen LogP contribution in [0.3, 0.4) is 0 Å². The first-order valence-electron chi connectivity index (χ1n) is 19.2. The van der Waals surface area contributed by atoms with Crippen molar-refractivity contribution < 1.29 is 71.7 Å². The highest BCUT2D eigenvalue weighted by atomic mass is 31.2. The number of fused-ring (bicyclic) bond motifs is 1. The summed E-state index contributed by atoms with van der Waals surface area (Å²) >= 11 is 0. The zero-order valence-electron chi connectivity index (χ0n) is 32.1. The van der Waals surface area contributed by atoms with Gasteiger partial charge in [-0.3, -0.25) is 23.5 Å². The van der Waals surface area contributed by atoms with Gasteiger partial charge in [-0.2, -0.15) is 0 Å². The van der Waals surface area contributed by atoms with Gasteiger partial charge in [0.1, 0.15) is 42.6 Å². The van der Waals surface area contributed by atoms with Crippen molar-refractivity contribution in [3.8, 4) is 0 Å². The fourth-order valence-electron chi connectivity index (χ4n) is 6.64. The fraction of sp³-hybridized carbons (Fsp3) is 0.611. The molecule has 19 nitrogen and oxygen atoms in total. The topological polar surface area (TPSA) is 263 Å². The van der Waals surface area contributed by atoms with Gasteiger partial charge in [-0.1, -0.05) is 0 Å². The quantitative estimate of drug-likeness (QED) is 0.0379. The van der Waals surface area contributed by atoms with Crippen LogP contribution in [0.4, 0.5) is 10.1 Å². The molecule has 3 aromatic rings. The molecule has 2 aliphatic rings. The Kier molecular flexibility index (Phi) is 15.9. The Morgan fingerprint density at radius 2 is 1.59 bits per heavy atom. The number of pyridine rings is 1. The van der Waals surface area contributed by atoms with Gasteiger partial charge in [-0.25, -0.2) is 13.5 Å². The maximum absolute atomic E-state index is 15.2. The maximum atomic E-state index is 15.2. The van der Waals surface area contributed by atoms with Gasteiger partial charge in [0.05, 0.1) is 56.9 Å². The summed E-state index contributed by atoms with van der Waals surface area (Å²) in [6, 6.07) is 3.18. The van der Waals surface area contributed by atoms with E-state index in [0.29, 0.717) is 11.2 Å². The normalized spacial score (nSPS) is 15.9. The highest BCUT2D eigenvalue weighted by Crippen LogP contribution is 2.67. The molecule has 7 N–H and O–H groups in total. The summed E-state index contributed by atoms with van der Waals surface area (Å²) in [7, 11) is -11.3. The predicted molar refractivity (Wildman–Crippen MR) is 206 cm³/mol. The predicted octanol–water partition coefficient (Wildman–Crippen LogP) is 1.14. The van der Waals surface area contributed by atoms with E-state index in [4.69, 9.17) is 14.2 Å². The van der Waals surface area contributed by atoms with Crippen LogP contribution in [0.5, 0.6) is 0 Å². The number of benzene rings is 1. The Hall–Kier alpha value is -3.39. The number of ether oxygens (including phenoxy) is 3. The van der Waals surface area contributed by atoms with Crippen molar-refractivity contribution in [2.75, 3.05) is 64.2 Å². The number of carbonyl (C=O) groups is 2. The van der Waals surface area contributed by atoms with Crippen molar-refractivity contribution in [1.82, 2.24) is 14.5 Å². The first kappa shape index (κ1) is 45.7. The standard InChI is InChI=1S/C36H52FN5O14P2/c37-31-20-29-32(21-33(31)41-10-2-1-3-11-41)42(26-4-5-26)23-30(34(29)45)35(46)38-9-15-55-17-19-56-18-16-54-14-8-27(43)6-7-28(44)22-39-12-13-40(25-39)24-36(47,57(48,49)50)58(51,52)53/h12-13,20-21,23,25-26,28,44,47H,1-11,14-19,22,24H2,(H4-,38,46,48,49,50,51,52,53)/p+1. The minimum atomic E-state index is -5.63. The van der Waals surface area contributed by atoms with Gasteiger partial charge in [0.15, 0.2) is 0 Å². The summed E-state index contributed by atoms with van der Waals surface area (Å²) in [4.78, 5) is 77.9. The Labute approximate surface area is 333 Å². The Morgan fingerprint density at radius 3 is 2.22 bits per heavy atom. The number of nitrogens with one attached hydrogen (secondary N) is 1. The van der Waals surface area contributed by atoms with Crippen LogP contribution in [-0.2, 0) is 41.2 Å². The smallest absolute Gasteiger partial charge is 0.373 e. The number of anilines is 1. The van der Waals surface area contributed by atoms with Crippen LogP contribution in [0, 0.1) is 5.82 Å². The summed E-state index contributed by atoms with van der Waals surface area (Å²) in [5.41, 5.74) is 0.581. The van der Waals surface area contributed by atoms with E-state index >= 15 is 4.39 Å². The molecule has 1 unspecified atom stereocenters. The average molecular weight is 861 g/mol. The summed E-state index contributed by atoms with van der Waals surface area (Å²) < 4.78 is 59.1. The molecule has 2 aromatic heterocycles. The number of hydrogen-bond donors (Lipinski definition) is 7. The van der Waals surface area contributed by atoms with Crippen molar-refractivity contribution >= 4 is 43.5 Å².